The lowest BCUT2D eigenvalue weighted by Crippen LogP contribution is -2.39. The number of fused-ring (bicyclic) bond motifs is 1. The minimum atomic E-state index is -0.501. The SMILES string of the molecule is CCN(C(=O)COc1ccccc1)C(C)c1nc2ccccc2c(=O)n1-c1ccccc1OC. The number of hydrogen-bond donors (Lipinski definition) is 0. The number of benzene rings is 3. The first-order valence-electron chi connectivity index (χ1n) is 11.2. The fourth-order valence-corrected chi connectivity index (χ4v) is 4.03. The number of carbonyl (C=O) groups excluding carboxylic acids is 1. The summed E-state index contributed by atoms with van der Waals surface area (Å²) in [7, 11) is 1.56. The van der Waals surface area contributed by atoms with Crippen LogP contribution in [0.5, 0.6) is 11.5 Å². The summed E-state index contributed by atoms with van der Waals surface area (Å²) in [6.45, 7) is 4.07. The Labute approximate surface area is 198 Å². The molecule has 1 aromatic heterocycles. The fourth-order valence-electron chi connectivity index (χ4n) is 4.03. The van der Waals surface area contributed by atoms with Crippen LogP contribution in [0, 0.1) is 0 Å². The molecule has 0 saturated carbocycles. The van der Waals surface area contributed by atoms with Gasteiger partial charge in [-0.05, 0) is 50.2 Å². The average Bonchev–Trinajstić information content (AvgIpc) is 2.88. The van der Waals surface area contributed by atoms with Crippen LogP contribution in [0.15, 0.2) is 83.7 Å². The summed E-state index contributed by atoms with van der Waals surface area (Å²) in [5.41, 5.74) is 0.921. The van der Waals surface area contributed by atoms with Gasteiger partial charge in [0.1, 0.15) is 17.3 Å². The van der Waals surface area contributed by atoms with Crippen molar-refractivity contribution in [3.05, 3.63) is 95.0 Å². The van der Waals surface area contributed by atoms with E-state index in [0.29, 0.717) is 40.5 Å². The van der Waals surface area contributed by atoms with Crippen LogP contribution in [0.1, 0.15) is 25.7 Å². The monoisotopic (exact) mass is 457 g/mol. The summed E-state index contributed by atoms with van der Waals surface area (Å²) >= 11 is 0. The predicted octanol–water partition coefficient (Wildman–Crippen LogP) is 4.38. The first-order chi connectivity index (χ1) is 16.5. The van der Waals surface area contributed by atoms with Gasteiger partial charge in [0.15, 0.2) is 6.61 Å². The third-order valence-corrected chi connectivity index (χ3v) is 5.74. The summed E-state index contributed by atoms with van der Waals surface area (Å²) in [6, 6.07) is 23.2. The molecule has 0 bridgehead atoms. The number of methoxy groups -OCH3 is 1. The van der Waals surface area contributed by atoms with E-state index in [1.807, 2.05) is 62.4 Å². The predicted molar refractivity (Wildman–Crippen MR) is 132 cm³/mol. The number of aromatic nitrogens is 2. The second kappa shape index (κ2) is 10.2. The van der Waals surface area contributed by atoms with Crippen molar-refractivity contribution < 1.29 is 14.3 Å². The van der Waals surface area contributed by atoms with Gasteiger partial charge in [-0.25, -0.2) is 4.98 Å². The molecule has 0 aliphatic carbocycles. The number of ether oxygens (including phenoxy) is 2. The van der Waals surface area contributed by atoms with Crippen LogP contribution in [0.4, 0.5) is 0 Å². The minimum Gasteiger partial charge on any atom is -0.495 e. The van der Waals surface area contributed by atoms with Gasteiger partial charge in [-0.1, -0.05) is 42.5 Å². The van der Waals surface area contributed by atoms with Crippen molar-refractivity contribution in [2.24, 2.45) is 0 Å². The summed E-state index contributed by atoms with van der Waals surface area (Å²) in [5.74, 6) is 1.40. The second-order valence-corrected chi connectivity index (χ2v) is 7.76. The molecule has 0 fully saturated rings. The van der Waals surface area contributed by atoms with E-state index in [4.69, 9.17) is 14.5 Å². The number of likely N-dealkylation sites (N-methyl/N-ethyl adjacent to an activating group) is 1. The van der Waals surface area contributed by atoms with Gasteiger partial charge >= 0.3 is 0 Å². The lowest BCUT2D eigenvalue weighted by molar-refractivity contribution is -0.135. The Morgan fingerprint density at radius 1 is 1.00 bits per heavy atom. The van der Waals surface area contributed by atoms with Gasteiger partial charge in [-0.2, -0.15) is 0 Å². The largest absolute Gasteiger partial charge is 0.495 e. The summed E-state index contributed by atoms with van der Waals surface area (Å²) in [4.78, 5) is 33.3. The molecule has 0 aliphatic rings. The van der Waals surface area contributed by atoms with Crippen molar-refractivity contribution in [3.63, 3.8) is 0 Å². The fraction of sp³-hybridized carbons (Fsp3) is 0.222. The lowest BCUT2D eigenvalue weighted by Gasteiger charge is -2.29. The first-order valence-corrected chi connectivity index (χ1v) is 11.2. The molecule has 1 atom stereocenters. The van der Waals surface area contributed by atoms with E-state index in [9.17, 15) is 9.59 Å². The molecule has 34 heavy (non-hydrogen) atoms. The third kappa shape index (κ3) is 4.50. The van der Waals surface area contributed by atoms with Crippen LogP contribution in [0.2, 0.25) is 0 Å². The average molecular weight is 458 g/mol. The summed E-state index contributed by atoms with van der Waals surface area (Å²) in [5, 5.41) is 0.492. The van der Waals surface area contributed by atoms with E-state index >= 15 is 0 Å². The van der Waals surface area contributed by atoms with Crippen LogP contribution in [-0.2, 0) is 4.79 Å². The number of para-hydroxylation sites is 4. The highest BCUT2D eigenvalue weighted by molar-refractivity contribution is 5.79. The number of hydrogen-bond acceptors (Lipinski definition) is 5. The second-order valence-electron chi connectivity index (χ2n) is 7.76. The molecule has 0 aliphatic heterocycles. The standard InChI is InChI=1S/C27H27N3O4/c1-4-29(25(31)18-34-20-12-6-5-7-13-20)19(2)26-28-22-15-9-8-14-21(22)27(32)30(26)23-16-10-11-17-24(23)33-3/h5-17,19H,4,18H2,1-3H3. The number of rotatable bonds is 8. The normalized spacial score (nSPS) is 11.7. The maximum Gasteiger partial charge on any atom is 0.266 e. The molecule has 0 N–H and O–H groups in total. The van der Waals surface area contributed by atoms with Crippen molar-refractivity contribution in [2.75, 3.05) is 20.3 Å². The van der Waals surface area contributed by atoms with Crippen molar-refractivity contribution in [2.45, 2.75) is 19.9 Å². The Morgan fingerprint density at radius 3 is 2.41 bits per heavy atom. The smallest absolute Gasteiger partial charge is 0.266 e. The zero-order valence-electron chi connectivity index (χ0n) is 19.5. The van der Waals surface area contributed by atoms with E-state index in [1.165, 1.54) is 0 Å². The maximum atomic E-state index is 13.7. The van der Waals surface area contributed by atoms with Gasteiger partial charge in [0, 0.05) is 6.54 Å². The topological polar surface area (TPSA) is 73.7 Å². The van der Waals surface area contributed by atoms with Crippen LogP contribution < -0.4 is 15.0 Å². The Hall–Kier alpha value is -4.13. The van der Waals surface area contributed by atoms with Crippen LogP contribution in [0.3, 0.4) is 0 Å². The van der Waals surface area contributed by atoms with Gasteiger partial charge < -0.3 is 14.4 Å². The first kappa shape index (κ1) is 23.0. The molecule has 0 saturated heterocycles. The van der Waals surface area contributed by atoms with E-state index in [-0.39, 0.29) is 18.1 Å². The zero-order chi connectivity index (χ0) is 24.1. The Balaban J connectivity index is 1.78. The van der Waals surface area contributed by atoms with Crippen molar-refractivity contribution in [1.82, 2.24) is 14.5 Å². The molecule has 7 heteroatoms. The summed E-state index contributed by atoms with van der Waals surface area (Å²) < 4.78 is 12.8. The molecule has 0 radical (unpaired) electrons. The van der Waals surface area contributed by atoms with Crippen LogP contribution >= 0.6 is 0 Å². The lowest BCUT2D eigenvalue weighted by atomic mass is 10.1. The van der Waals surface area contributed by atoms with Gasteiger partial charge in [-0.15, -0.1) is 0 Å². The van der Waals surface area contributed by atoms with Crippen LogP contribution in [-0.4, -0.2) is 40.6 Å². The Bertz CT molecular complexity index is 1350. The molecule has 4 rings (SSSR count). The van der Waals surface area contributed by atoms with Gasteiger partial charge in [0.05, 0.1) is 29.7 Å². The number of amides is 1. The quantitative estimate of drug-likeness (QED) is 0.393. The molecule has 3 aromatic carbocycles. The van der Waals surface area contributed by atoms with Crippen molar-refractivity contribution >= 4 is 16.8 Å². The highest BCUT2D eigenvalue weighted by Crippen LogP contribution is 2.27. The molecule has 0 spiro atoms. The molecule has 1 amide bonds. The van der Waals surface area contributed by atoms with E-state index in [0.717, 1.165) is 0 Å². The van der Waals surface area contributed by atoms with Crippen molar-refractivity contribution in [3.8, 4) is 17.2 Å². The minimum absolute atomic E-state index is 0.116. The molecular formula is C27H27N3O4. The molecule has 7 nitrogen and oxygen atoms in total. The van der Waals surface area contributed by atoms with Crippen molar-refractivity contribution in [1.29, 1.82) is 0 Å². The highest BCUT2D eigenvalue weighted by atomic mass is 16.5. The van der Waals surface area contributed by atoms with E-state index in [2.05, 4.69) is 0 Å². The Morgan fingerprint density at radius 2 is 1.68 bits per heavy atom. The number of nitrogens with zero attached hydrogens (tertiary/aromatic N) is 3. The molecule has 4 aromatic rings. The molecular weight excluding hydrogens is 430 g/mol. The third-order valence-electron chi connectivity index (χ3n) is 5.74. The van der Waals surface area contributed by atoms with Crippen LogP contribution in [0.25, 0.3) is 16.6 Å². The van der Waals surface area contributed by atoms with Gasteiger partial charge in [0.25, 0.3) is 11.5 Å². The maximum absolute atomic E-state index is 13.7. The van der Waals surface area contributed by atoms with E-state index < -0.39 is 6.04 Å². The highest BCUT2D eigenvalue weighted by Gasteiger charge is 2.27. The Kier molecular flexibility index (Phi) is 6.92. The van der Waals surface area contributed by atoms with Gasteiger partial charge in [-0.3, -0.25) is 14.2 Å². The van der Waals surface area contributed by atoms with Gasteiger partial charge in [0.2, 0.25) is 0 Å². The molecule has 1 unspecified atom stereocenters. The molecule has 174 valence electrons. The number of carbonyl (C=O) groups is 1. The summed E-state index contributed by atoms with van der Waals surface area (Å²) in [6.07, 6.45) is 0. The zero-order valence-corrected chi connectivity index (χ0v) is 19.5. The molecule has 1 heterocycles. The van der Waals surface area contributed by atoms with E-state index in [1.54, 1.807) is 46.9 Å².